The van der Waals surface area contributed by atoms with Gasteiger partial charge in [-0.15, -0.1) is 0 Å². The molecule has 4 fully saturated rings. The maximum Gasteiger partial charge on any atom is 0.404 e. The summed E-state index contributed by atoms with van der Waals surface area (Å²) in [6.45, 7) is 8.36. The summed E-state index contributed by atoms with van der Waals surface area (Å²) >= 11 is 0. The fraction of sp³-hybridized carbons (Fsp3) is 0.568. The number of sulfone groups is 1. The summed E-state index contributed by atoms with van der Waals surface area (Å²) in [5.74, 6) is -6.62. The van der Waals surface area contributed by atoms with Crippen molar-refractivity contribution in [3.05, 3.63) is 47.4 Å². The fourth-order valence-corrected chi connectivity index (χ4v) is 10.6. The van der Waals surface area contributed by atoms with Gasteiger partial charge in [0.15, 0.2) is 11.2 Å². The van der Waals surface area contributed by atoms with Crippen molar-refractivity contribution in [2.24, 2.45) is 34.0 Å². The number of nitrogens with one attached hydrogen (secondary N) is 1. The Morgan fingerprint density at radius 1 is 1.04 bits per heavy atom. The van der Waals surface area contributed by atoms with Crippen molar-refractivity contribution in [1.29, 1.82) is 0 Å². The molecule has 2 aromatic rings. The smallest absolute Gasteiger partial charge is 0.404 e. The Bertz CT molecular complexity index is 2070. The van der Waals surface area contributed by atoms with Crippen LogP contribution in [0.2, 0.25) is 0 Å². The summed E-state index contributed by atoms with van der Waals surface area (Å²) in [4.78, 5) is 91.2. The fourth-order valence-electron chi connectivity index (χ4n) is 9.28. The van der Waals surface area contributed by atoms with Crippen molar-refractivity contribution < 1.29 is 70.1 Å². The van der Waals surface area contributed by atoms with Gasteiger partial charge in [-0.3, -0.25) is 24.0 Å². The van der Waals surface area contributed by atoms with Gasteiger partial charge in [0.2, 0.25) is 4.60 Å². The number of carbonyl (C=O) groups excluding carboxylic acids is 6. The van der Waals surface area contributed by atoms with Crippen LogP contribution in [0.25, 0.3) is 0 Å². The average molecular weight is 788 g/mol. The van der Waals surface area contributed by atoms with Crippen LogP contribution in [0.1, 0.15) is 65.7 Å². The molecule has 1 aliphatic heterocycles. The molecule has 3 aliphatic carbocycles. The van der Waals surface area contributed by atoms with E-state index in [1.165, 1.54) is 31.2 Å². The summed E-state index contributed by atoms with van der Waals surface area (Å²) in [6, 6.07) is 7.19. The molecular weight excluding hydrogens is 744 g/mol. The first-order chi connectivity index (χ1) is 26.0. The van der Waals surface area contributed by atoms with Crippen LogP contribution >= 0.6 is 0 Å². The Balaban J connectivity index is 1.09. The first-order valence-electron chi connectivity index (χ1n) is 18.0. The molecule has 1 aromatic carbocycles. The summed E-state index contributed by atoms with van der Waals surface area (Å²) in [5, 5.41) is 1.32. The molecule has 3 saturated carbocycles. The Morgan fingerprint density at radius 2 is 1.75 bits per heavy atom. The Labute approximate surface area is 315 Å². The quantitative estimate of drug-likeness (QED) is 0.0767. The van der Waals surface area contributed by atoms with Crippen LogP contribution in [-0.4, -0.2) is 81.5 Å². The Hall–Kier alpha value is -5.13. The zero-order valence-electron chi connectivity index (χ0n) is 30.6. The number of aromatic nitrogens is 2. The number of carbonyl (C=O) groups is 6. The standard InChI is InChI=1S/C37H43N2O15S/c1-21-24-11-12-25-36(26(19-40)35(3,4)16-15-27(36)52-22(2)41)20-51-34(45)37(25,30(21)44)31(24)53-29(43)14-13-28(42)49-17-8-18-50-32-33(39(46)54-38-32)55(47,48)23-9-6-5-7-10-23/h5-7,9-10,19,24-27,31,38H,1,8,11-18,20H2,2-4H3/q+1/t24-,25-,26+,27-,31+,36-,37-/m0/s1. The van der Waals surface area contributed by atoms with Crippen molar-refractivity contribution >= 4 is 45.8 Å². The number of ether oxygens (including phenoxy) is 5. The molecule has 0 amide bonds. The van der Waals surface area contributed by atoms with E-state index in [2.05, 4.69) is 16.4 Å². The Morgan fingerprint density at radius 3 is 2.44 bits per heavy atom. The van der Waals surface area contributed by atoms with Crippen LogP contribution in [0, 0.1) is 38.9 Å². The molecule has 1 aromatic heterocycles. The molecule has 1 N–H and O–H groups in total. The molecule has 6 rings (SSSR count). The molecule has 2 heterocycles. The van der Waals surface area contributed by atoms with Crippen molar-refractivity contribution in [3.8, 4) is 5.88 Å². The number of hydrogen-bond donors (Lipinski definition) is 1. The van der Waals surface area contributed by atoms with Crippen molar-refractivity contribution in [3.63, 3.8) is 0 Å². The van der Waals surface area contributed by atoms with Crippen molar-refractivity contribution in [2.45, 2.75) is 87.8 Å². The van der Waals surface area contributed by atoms with E-state index in [0.29, 0.717) is 19.3 Å². The molecule has 2 spiro atoms. The molecule has 18 heteroatoms. The topological polar surface area (TPSA) is 235 Å². The van der Waals surface area contributed by atoms with E-state index in [4.69, 9.17) is 23.7 Å². The van der Waals surface area contributed by atoms with Gasteiger partial charge in [0.05, 0.1) is 36.4 Å². The predicted molar refractivity (Wildman–Crippen MR) is 183 cm³/mol. The average Bonchev–Trinajstić information content (AvgIpc) is 3.57. The lowest BCUT2D eigenvalue weighted by atomic mass is 9.43. The lowest BCUT2D eigenvalue weighted by molar-refractivity contribution is -0.744. The number of ketones is 1. The lowest BCUT2D eigenvalue weighted by Gasteiger charge is -2.62. The highest BCUT2D eigenvalue weighted by Gasteiger charge is 2.79. The maximum absolute atomic E-state index is 14.2. The van der Waals surface area contributed by atoms with Crippen LogP contribution in [0.15, 0.2) is 57.0 Å². The largest absolute Gasteiger partial charge is 0.466 e. The minimum atomic E-state index is -4.29. The summed E-state index contributed by atoms with van der Waals surface area (Å²) in [7, 11) is -4.29. The number of esters is 4. The molecule has 0 radical (unpaired) electrons. The van der Waals surface area contributed by atoms with Crippen LogP contribution in [0.3, 0.4) is 0 Å². The summed E-state index contributed by atoms with van der Waals surface area (Å²) in [6.07, 6.45) is -0.744. The number of aromatic amines is 1. The highest BCUT2D eigenvalue weighted by molar-refractivity contribution is 7.91. The van der Waals surface area contributed by atoms with Crippen LogP contribution in [0.4, 0.5) is 0 Å². The molecule has 7 atom stereocenters. The van der Waals surface area contributed by atoms with Gasteiger partial charge in [-0.2, -0.15) is 0 Å². The minimum Gasteiger partial charge on any atom is -0.466 e. The number of hydrogen-bond acceptors (Lipinski definition) is 15. The summed E-state index contributed by atoms with van der Waals surface area (Å²) in [5.41, 5.74) is -3.82. The Kier molecular flexibility index (Phi) is 10.7. The number of benzene rings is 1. The van der Waals surface area contributed by atoms with Crippen molar-refractivity contribution in [1.82, 2.24) is 5.16 Å². The minimum absolute atomic E-state index is 0.0631. The van der Waals surface area contributed by atoms with E-state index in [-0.39, 0.29) is 47.7 Å². The van der Waals surface area contributed by atoms with E-state index in [9.17, 15) is 42.1 Å². The number of Topliss-reactive ketones (excluding diaryl/α,β-unsaturated/α-hetero) is 1. The monoisotopic (exact) mass is 787 g/mol. The number of fused-ring (bicyclic) bond motifs is 2. The van der Waals surface area contributed by atoms with Gasteiger partial charge in [-0.25, -0.2) is 8.42 Å². The van der Waals surface area contributed by atoms with Gasteiger partial charge >= 0.3 is 34.8 Å². The van der Waals surface area contributed by atoms with Gasteiger partial charge in [0.1, 0.15) is 25.1 Å². The lowest BCUT2D eigenvalue weighted by Crippen LogP contribution is -2.71. The highest BCUT2D eigenvalue weighted by atomic mass is 32.2. The number of aldehydes is 1. The SMILES string of the molecule is C=C1C(=O)[C@@]23C(=O)OC[C@]4([C@@H](OC(C)=O)CCC(C)(C)[C@H]4C=O)[C@@H]2CC[C@@H]1[C@H]3OC(=O)CCC(=O)OCCCOc1[nH]o[n+](=O)c1S(=O)(=O)c1ccccc1. The second-order valence-corrected chi connectivity index (χ2v) is 17.0. The third kappa shape index (κ3) is 6.57. The maximum atomic E-state index is 14.2. The molecule has 0 unspecified atom stereocenters. The zero-order chi connectivity index (χ0) is 39.9. The van der Waals surface area contributed by atoms with Crippen molar-refractivity contribution in [2.75, 3.05) is 19.8 Å². The van der Waals surface area contributed by atoms with E-state index in [1.54, 1.807) is 6.07 Å². The second-order valence-electron chi connectivity index (χ2n) is 15.1. The summed E-state index contributed by atoms with van der Waals surface area (Å²) < 4.78 is 58.3. The molecule has 2 bridgehead atoms. The van der Waals surface area contributed by atoms with E-state index < -0.39 is 109 Å². The molecule has 55 heavy (non-hydrogen) atoms. The molecule has 4 aliphatic rings. The normalized spacial score (nSPS) is 29.5. The molecular formula is C37H43N2O15S+. The molecule has 296 valence electrons. The van der Waals surface area contributed by atoms with E-state index >= 15 is 0 Å². The number of nitrogens with zero attached hydrogens (tertiary/aromatic N) is 1. The van der Waals surface area contributed by atoms with Gasteiger partial charge in [0, 0.05) is 25.2 Å². The van der Waals surface area contributed by atoms with Crippen LogP contribution in [0.5, 0.6) is 5.88 Å². The second kappa shape index (κ2) is 14.8. The predicted octanol–water partition coefficient (Wildman–Crippen LogP) is 2.62. The zero-order valence-corrected chi connectivity index (χ0v) is 31.4. The van der Waals surface area contributed by atoms with Gasteiger partial charge < -0.3 is 28.5 Å². The van der Waals surface area contributed by atoms with Crippen LogP contribution < -0.4 is 9.34 Å². The van der Waals surface area contributed by atoms with E-state index in [1.807, 2.05) is 13.8 Å². The first-order valence-corrected chi connectivity index (χ1v) is 19.5. The van der Waals surface area contributed by atoms with Gasteiger partial charge in [0.25, 0.3) is 9.84 Å². The number of H-pyrrole nitrogens is 1. The molecule has 1 saturated heterocycles. The van der Waals surface area contributed by atoms with Gasteiger partial charge in [-0.05, 0) is 64.8 Å². The highest BCUT2D eigenvalue weighted by Crippen LogP contribution is 2.68. The van der Waals surface area contributed by atoms with Crippen LogP contribution in [-0.2, 0) is 57.6 Å². The third-order valence-corrected chi connectivity index (χ3v) is 13.4. The third-order valence-electron chi connectivity index (χ3n) is 11.7. The van der Waals surface area contributed by atoms with E-state index in [0.717, 1.165) is 6.29 Å². The molecule has 17 nitrogen and oxygen atoms in total. The van der Waals surface area contributed by atoms with Gasteiger partial charge in [-0.1, -0.05) is 43.3 Å². The first kappa shape index (κ1) is 39.6. The number of rotatable bonds is 13. The number of cyclic esters (lactones) is 1.